The highest BCUT2D eigenvalue weighted by Crippen LogP contribution is 2.09. The molecule has 0 aliphatic heterocycles. The van der Waals surface area contributed by atoms with Gasteiger partial charge in [-0.2, -0.15) is 0 Å². The Morgan fingerprint density at radius 3 is 2.29 bits per heavy atom. The van der Waals surface area contributed by atoms with Gasteiger partial charge in [-0.25, -0.2) is 4.79 Å². The fraction of sp³-hybridized carbons (Fsp3) is 0.700. The van der Waals surface area contributed by atoms with Gasteiger partial charge in [-0.1, -0.05) is 13.3 Å². The van der Waals surface area contributed by atoms with Crippen molar-refractivity contribution < 1.29 is 19.5 Å². The van der Waals surface area contributed by atoms with E-state index in [0.29, 0.717) is 12.8 Å². The number of hydrogen-bond donors (Lipinski definition) is 4. The summed E-state index contributed by atoms with van der Waals surface area (Å²) >= 11 is 0. The van der Waals surface area contributed by atoms with Crippen molar-refractivity contribution >= 4 is 17.8 Å². The van der Waals surface area contributed by atoms with E-state index >= 15 is 0 Å². The van der Waals surface area contributed by atoms with Crippen LogP contribution < -0.4 is 16.8 Å². The van der Waals surface area contributed by atoms with Crippen molar-refractivity contribution in [2.24, 2.45) is 11.5 Å². The summed E-state index contributed by atoms with van der Waals surface area (Å²) in [5.41, 5.74) is 9.47. The number of rotatable bonds is 7. The molecular weight excluding hydrogens is 226 g/mol. The van der Waals surface area contributed by atoms with E-state index in [0.717, 1.165) is 0 Å². The fourth-order valence-corrected chi connectivity index (χ4v) is 1.36. The second-order valence-electron chi connectivity index (χ2n) is 4.20. The van der Waals surface area contributed by atoms with Crippen molar-refractivity contribution in [2.75, 3.05) is 0 Å². The Morgan fingerprint density at radius 1 is 1.41 bits per heavy atom. The lowest BCUT2D eigenvalue weighted by molar-refractivity contribution is -0.144. The summed E-state index contributed by atoms with van der Waals surface area (Å²) in [5, 5.41) is 11.0. The van der Waals surface area contributed by atoms with Crippen LogP contribution in [0.2, 0.25) is 0 Å². The molecule has 0 rings (SSSR count). The van der Waals surface area contributed by atoms with Gasteiger partial charge in [-0.3, -0.25) is 9.59 Å². The first-order chi connectivity index (χ1) is 7.70. The zero-order valence-corrected chi connectivity index (χ0v) is 10.0. The van der Waals surface area contributed by atoms with Crippen LogP contribution in [0.1, 0.15) is 33.1 Å². The van der Waals surface area contributed by atoms with Crippen molar-refractivity contribution in [3.8, 4) is 0 Å². The molecule has 0 aromatic carbocycles. The minimum absolute atomic E-state index is 0.418. The van der Waals surface area contributed by atoms with Gasteiger partial charge in [0.25, 0.3) is 0 Å². The molecule has 0 aromatic rings. The van der Waals surface area contributed by atoms with Crippen LogP contribution in [0.3, 0.4) is 0 Å². The highest BCUT2D eigenvalue weighted by molar-refractivity contribution is 5.91. The highest BCUT2D eigenvalue weighted by Gasteiger charge is 2.31. The maximum Gasteiger partial charge on any atom is 0.326 e. The van der Waals surface area contributed by atoms with Gasteiger partial charge in [0.1, 0.15) is 6.04 Å². The highest BCUT2D eigenvalue weighted by atomic mass is 16.4. The predicted molar refractivity (Wildman–Crippen MR) is 60.9 cm³/mol. The largest absolute Gasteiger partial charge is 0.480 e. The van der Waals surface area contributed by atoms with Crippen molar-refractivity contribution in [3.05, 3.63) is 0 Å². The van der Waals surface area contributed by atoms with Crippen molar-refractivity contribution in [1.82, 2.24) is 5.32 Å². The number of nitrogens with two attached hydrogens (primary N) is 2. The van der Waals surface area contributed by atoms with E-state index in [1.165, 1.54) is 6.92 Å². The molecule has 7 nitrogen and oxygen atoms in total. The van der Waals surface area contributed by atoms with E-state index in [1.54, 1.807) is 0 Å². The molecular formula is C10H19N3O4. The number of carbonyl (C=O) groups is 3. The molecule has 0 heterocycles. The first-order valence-corrected chi connectivity index (χ1v) is 5.31. The van der Waals surface area contributed by atoms with Gasteiger partial charge >= 0.3 is 5.97 Å². The molecule has 6 N–H and O–H groups in total. The number of nitrogens with one attached hydrogen (secondary N) is 1. The Hall–Kier alpha value is -1.63. The maximum atomic E-state index is 11.7. The molecule has 0 fully saturated rings. The minimum Gasteiger partial charge on any atom is -0.480 e. The lowest BCUT2D eigenvalue weighted by Gasteiger charge is -2.25. The molecule has 2 atom stereocenters. The van der Waals surface area contributed by atoms with E-state index in [-0.39, 0.29) is 0 Å². The fourth-order valence-electron chi connectivity index (χ4n) is 1.36. The van der Waals surface area contributed by atoms with Crippen LogP contribution in [0.4, 0.5) is 0 Å². The standard InChI is InChI=1S/C10H19N3O4/c1-3-4-10(2,12)9(17)13-6(8(15)16)5-7(11)14/h6H,3-5,12H2,1-2H3,(H2,11,14)(H,13,17)(H,15,16)/t6-,10?/m1/s1. The SMILES string of the molecule is CCCC(C)(N)C(=O)N[C@H](CC(N)=O)C(=O)O. The Kier molecular flexibility index (Phi) is 5.60. The number of hydrogen-bond acceptors (Lipinski definition) is 4. The van der Waals surface area contributed by atoms with Crippen LogP contribution in [-0.4, -0.2) is 34.5 Å². The van der Waals surface area contributed by atoms with Crippen LogP contribution >= 0.6 is 0 Å². The van der Waals surface area contributed by atoms with E-state index in [4.69, 9.17) is 16.6 Å². The summed E-state index contributed by atoms with van der Waals surface area (Å²) in [6.07, 6.45) is 0.652. The molecule has 2 amide bonds. The van der Waals surface area contributed by atoms with Gasteiger partial charge in [-0.15, -0.1) is 0 Å². The third-order valence-electron chi connectivity index (χ3n) is 2.30. The number of carbonyl (C=O) groups excluding carboxylic acids is 2. The number of carboxylic acids is 1. The van der Waals surface area contributed by atoms with Gasteiger partial charge in [0, 0.05) is 0 Å². The van der Waals surface area contributed by atoms with Crippen LogP contribution in [0, 0.1) is 0 Å². The average molecular weight is 245 g/mol. The third-order valence-corrected chi connectivity index (χ3v) is 2.30. The van der Waals surface area contributed by atoms with Crippen LogP contribution in [0.15, 0.2) is 0 Å². The number of carboxylic acid groups (broad SMARTS) is 1. The Morgan fingerprint density at radius 2 is 1.94 bits per heavy atom. The molecule has 0 aliphatic carbocycles. The number of amides is 2. The van der Waals surface area contributed by atoms with E-state index < -0.39 is 35.8 Å². The van der Waals surface area contributed by atoms with Gasteiger partial charge in [0.2, 0.25) is 11.8 Å². The summed E-state index contributed by atoms with van der Waals surface area (Å²) in [6, 6.07) is -1.33. The zero-order chi connectivity index (χ0) is 13.6. The molecule has 7 heteroatoms. The third kappa shape index (κ3) is 5.30. The smallest absolute Gasteiger partial charge is 0.326 e. The first-order valence-electron chi connectivity index (χ1n) is 5.31. The number of primary amides is 1. The van der Waals surface area contributed by atoms with Gasteiger partial charge in [0.05, 0.1) is 12.0 Å². The molecule has 1 unspecified atom stereocenters. The van der Waals surface area contributed by atoms with Crippen LogP contribution in [0.25, 0.3) is 0 Å². The minimum atomic E-state index is -1.33. The molecule has 0 saturated carbocycles. The topological polar surface area (TPSA) is 136 Å². The summed E-state index contributed by atoms with van der Waals surface area (Å²) in [6.45, 7) is 3.37. The molecule has 0 aromatic heterocycles. The summed E-state index contributed by atoms with van der Waals surface area (Å²) < 4.78 is 0. The van der Waals surface area contributed by atoms with E-state index in [1.807, 2.05) is 6.92 Å². The van der Waals surface area contributed by atoms with Gasteiger partial charge < -0.3 is 21.9 Å². The lowest BCUT2D eigenvalue weighted by Crippen LogP contribution is -2.56. The first kappa shape index (κ1) is 15.4. The van der Waals surface area contributed by atoms with Crippen molar-refractivity contribution in [3.63, 3.8) is 0 Å². The molecule has 0 spiro atoms. The molecule has 0 saturated heterocycles. The molecule has 0 radical (unpaired) electrons. The van der Waals surface area contributed by atoms with Gasteiger partial charge in [0.15, 0.2) is 0 Å². The quantitative estimate of drug-likeness (QED) is 0.453. The summed E-state index contributed by atoms with van der Waals surface area (Å²) in [7, 11) is 0. The van der Waals surface area contributed by atoms with E-state index in [9.17, 15) is 14.4 Å². The van der Waals surface area contributed by atoms with Crippen molar-refractivity contribution in [1.29, 1.82) is 0 Å². The van der Waals surface area contributed by atoms with Crippen molar-refractivity contribution in [2.45, 2.75) is 44.7 Å². The molecule has 17 heavy (non-hydrogen) atoms. The molecule has 0 aliphatic rings. The average Bonchev–Trinajstić information content (AvgIpc) is 2.15. The van der Waals surface area contributed by atoms with Gasteiger partial charge in [-0.05, 0) is 13.3 Å². The number of aliphatic carboxylic acids is 1. The monoisotopic (exact) mass is 245 g/mol. The second-order valence-corrected chi connectivity index (χ2v) is 4.20. The van der Waals surface area contributed by atoms with E-state index in [2.05, 4.69) is 5.32 Å². The Balaban J connectivity index is 4.60. The normalized spacial score (nSPS) is 15.7. The Bertz CT molecular complexity index is 315. The molecule has 0 bridgehead atoms. The molecule has 98 valence electrons. The predicted octanol–water partition coefficient (Wildman–Crippen LogP) is -1.05. The van der Waals surface area contributed by atoms with Crippen LogP contribution in [-0.2, 0) is 14.4 Å². The maximum absolute atomic E-state index is 11.7. The lowest BCUT2D eigenvalue weighted by atomic mass is 9.96. The summed E-state index contributed by atoms with van der Waals surface area (Å²) in [5.74, 6) is -2.72. The van der Waals surface area contributed by atoms with Crippen LogP contribution in [0.5, 0.6) is 0 Å². The second kappa shape index (κ2) is 6.19. The Labute approximate surface area is 99.5 Å². The summed E-state index contributed by atoms with van der Waals surface area (Å²) in [4.78, 5) is 33.1. The zero-order valence-electron chi connectivity index (χ0n) is 10.0.